The molecule has 0 unspecified atom stereocenters. The molecule has 14 heavy (non-hydrogen) atoms. The molecule has 1 aromatic carbocycles. The Hall–Kier alpha value is -2.24. The molecule has 0 aliphatic rings. The van der Waals surface area contributed by atoms with E-state index in [1.165, 1.54) is 0 Å². The number of anilines is 2. The van der Waals surface area contributed by atoms with Crippen LogP contribution in [0, 0.1) is 0 Å². The highest BCUT2D eigenvalue weighted by atomic mass is 16.4. The van der Waals surface area contributed by atoms with Gasteiger partial charge in [-0.15, -0.1) is 0 Å². The third kappa shape index (κ3) is 1.58. The van der Waals surface area contributed by atoms with E-state index in [0.717, 1.165) is 12.1 Å². The Labute approximate surface area is 78.8 Å². The van der Waals surface area contributed by atoms with Gasteiger partial charge in [0.15, 0.2) is 0 Å². The SMILES string of the molecule is Nc1cc(N)c(C(=O)O)cc1C(=O)O. The smallest absolute Gasteiger partial charge is 0.337 e. The van der Waals surface area contributed by atoms with E-state index in [1.807, 2.05) is 0 Å². The zero-order valence-corrected chi connectivity index (χ0v) is 7.02. The number of nitrogen functional groups attached to an aromatic ring is 2. The zero-order valence-electron chi connectivity index (χ0n) is 7.02. The molecule has 0 bridgehead atoms. The first kappa shape index (κ1) is 9.85. The lowest BCUT2D eigenvalue weighted by Crippen LogP contribution is -2.09. The zero-order chi connectivity index (χ0) is 10.9. The fraction of sp³-hybridized carbons (Fsp3) is 0. The summed E-state index contributed by atoms with van der Waals surface area (Å²) in [6.07, 6.45) is 0. The second-order valence-electron chi connectivity index (χ2n) is 2.64. The highest BCUT2D eigenvalue weighted by molar-refractivity contribution is 6.01. The summed E-state index contributed by atoms with van der Waals surface area (Å²) in [6, 6.07) is 2.06. The van der Waals surface area contributed by atoms with Gasteiger partial charge in [0.05, 0.1) is 11.1 Å². The van der Waals surface area contributed by atoms with Gasteiger partial charge in [-0.1, -0.05) is 0 Å². The molecule has 1 rings (SSSR count). The van der Waals surface area contributed by atoms with Crippen LogP contribution in [0.15, 0.2) is 12.1 Å². The minimum Gasteiger partial charge on any atom is -0.478 e. The van der Waals surface area contributed by atoms with Crippen molar-refractivity contribution in [2.45, 2.75) is 0 Å². The maximum atomic E-state index is 10.6. The largest absolute Gasteiger partial charge is 0.478 e. The van der Waals surface area contributed by atoms with Crippen molar-refractivity contribution in [3.8, 4) is 0 Å². The first-order chi connectivity index (χ1) is 6.43. The first-order valence-corrected chi connectivity index (χ1v) is 3.59. The van der Waals surface area contributed by atoms with Crippen molar-refractivity contribution in [3.63, 3.8) is 0 Å². The highest BCUT2D eigenvalue weighted by Crippen LogP contribution is 2.21. The predicted octanol–water partition coefficient (Wildman–Crippen LogP) is 0.247. The molecule has 6 heteroatoms. The van der Waals surface area contributed by atoms with E-state index in [9.17, 15) is 9.59 Å². The Morgan fingerprint density at radius 3 is 1.57 bits per heavy atom. The lowest BCUT2D eigenvalue weighted by Gasteiger charge is -2.05. The molecular formula is C8H8N2O4. The first-order valence-electron chi connectivity index (χ1n) is 3.59. The van der Waals surface area contributed by atoms with Gasteiger partial charge in [-0.3, -0.25) is 0 Å². The summed E-state index contributed by atoms with van der Waals surface area (Å²) in [4.78, 5) is 21.2. The third-order valence-corrected chi connectivity index (χ3v) is 1.68. The lowest BCUT2D eigenvalue weighted by atomic mass is 10.1. The van der Waals surface area contributed by atoms with Gasteiger partial charge in [0.25, 0.3) is 0 Å². The van der Waals surface area contributed by atoms with Gasteiger partial charge in [-0.2, -0.15) is 0 Å². The number of carbonyl (C=O) groups is 2. The number of hydrogen-bond donors (Lipinski definition) is 4. The summed E-state index contributed by atoms with van der Waals surface area (Å²) in [5.74, 6) is -2.57. The molecule has 0 amide bonds. The van der Waals surface area contributed by atoms with Gasteiger partial charge < -0.3 is 21.7 Å². The quantitative estimate of drug-likeness (QED) is 0.502. The summed E-state index contributed by atoms with van der Waals surface area (Å²) in [5, 5.41) is 17.3. The minimum absolute atomic E-state index is 0.0556. The van der Waals surface area contributed by atoms with E-state index in [1.54, 1.807) is 0 Å². The molecule has 0 radical (unpaired) electrons. The van der Waals surface area contributed by atoms with Gasteiger partial charge in [-0.25, -0.2) is 9.59 Å². The minimum atomic E-state index is -1.29. The Morgan fingerprint density at radius 1 is 0.929 bits per heavy atom. The molecule has 0 aliphatic carbocycles. The molecule has 0 fully saturated rings. The maximum Gasteiger partial charge on any atom is 0.337 e. The normalized spacial score (nSPS) is 9.71. The summed E-state index contributed by atoms with van der Waals surface area (Å²) in [5.41, 5.74) is 10.0. The van der Waals surface area contributed by atoms with Gasteiger partial charge in [0.2, 0.25) is 0 Å². The highest BCUT2D eigenvalue weighted by Gasteiger charge is 2.15. The monoisotopic (exact) mass is 196 g/mol. The Balaban J connectivity index is 3.42. The van der Waals surface area contributed by atoms with Crippen LogP contribution in [0.2, 0.25) is 0 Å². The van der Waals surface area contributed by atoms with Crippen molar-refractivity contribution in [2.75, 3.05) is 11.5 Å². The van der Waals surface area contributed by atoms with E-state index in [4.69, 9.17) is 21.7 Å². The molecule has 0 heterocycles. The average molecular weight is 196 g/mol. The maximum absolute atomic E-state index is 10.6. The molecule has 6 nitrogen and oxygen atoms in total. The van der Waals surface area contributed by atoms with E-state index in [2.05, 4.69) is 0 Å². The number of nitrogens with two attached hydrogens (primary N) is 2. The van der Waals surface area contributed by atoms with Crippen molar-refractivity contribution < 1.29 is 19.8 Å². The number of carboxylic acid groups (broad SMARTS) is 2. The van der Waals surface area contributed by atoms with Gasteiger partial charge in [-0.05, 0) is 12.1 Å². The van der Waals surface area contributed by atoms with Crippen LogP contribution in [0.25, 0.3) is 0 Å². The van der Waals surface area contributed by atoms with Crippen LogP contribution >= 0.6 is 0 Å². The summed E-state index contributed by atoms with van der Waals surface area (Å²) in [6.45, 7) is 0. The fourth-order valence-corrected chi connectivity index (χ4v) is 1.00. The van der Waals surface area contributed by atoms with Crippen LogP contribution in [-0.4, -0.2) is 22.2 Å². The fourth-order valence-electron chi connectivity index (χ4n) is 1.00. The van der Waals surface area contributed by atoms with Crippen LogP contribution in [0.1, 0.15) is 20.7 Å². The van der Waals surface area contributed by atoms with Crippen molar-refractivity contribution in [3.05, 3.63) is 23.3 Å². The number of benzene rings is 1. The summed E-state index contributed by atoms with van der Waals surface area (Å²) >= 11 is 0. The van der Waals surface area contributed by atoms with E-state index in [0.29, 0.717) is 0 Å². The number of aromatic carboxylic acids is 2. The molecule has 1 aromatic rings. The van der Waals surface area contributed by atoms with Gasteiger partial charge >= 0.3 is 11.9 Å². The topological polar surface area (TPSA) is 127 Å². The molecule has 74 valence electrons. The van der Waals surface area contributed by atoms with Crippen molar-refractivity contribution in [2.24, 2.45) is 0 Å². The standard InChI is InChI=1S/C8H8N2O4/c9-5-2-6(10)4(8(13)14)1-3(5)7(11)12/h1-2H,9-10H2,(H,11,12)(H,13,14). The van der Waals surface area contributed by atoms with Crippen LogP contribution in [0.4, 0.5) is 11.4 Å². The van der Waals surface area contributed by atoms with Crippen LogP contribution < -0.4 is 11.5 Å². The Morgan fingerprint density at radius 2 is 1.29 bits per heavy atom. The van der Waals surface area contributed by atoms with Crippen LogP contribution in [-0.2, 0) is 0 Å². The van der Waals surface area contributed by atoms with Crippen LogP contribution in [0.5, 0.6) is 0 Å². The second kappa shape index (κ2) is 3.25. The Kier molecular flexibility index (Phi) is 2.29. The lowest BCUT2D eigenvalue weighted by molar-refractivity contribution is 0.0696. The Bertz CT molecular complexity index is 379. The van der Waals surface area contributed by atoms with Crippen molar-refractivity contribution in [1.29, 1.82) is 0 Å². The molecule has 0 saturated heterocycles. The van der Waals surface area contributed by atoms with Gasteiger partial charge in [0, 0.05) is 11.4 Å². The number of carboxylic acids is 2. The summed E-state index contributed by atoms with van der Waals surface area (Å²) < 4.78 is 0. The molecule has 0 atom stereocenters. The third-order valence-electron chi connectivity index (χ3n) is 1.68. The van der Waals surface area contributed by atoms with E-state index < -0.39 is 11.9 Å². The van der Waals surface area contributed by atoms with Crippen LogP contribution in [0.3, 0.4) is 0 Å². The molecular weight excluding hydrogens is 188 g/mol. The molecule has 0 aromatic heterocycles. The summed E-state index contributed by atoms with van der Waals surface area (Å²) in [7, 11) is 0. The average Bonchev–Trinajstić information content (AvgIpc) is 2.02. The van der Waals surface area contributed by atoms with Crippen molar-refractivity contribution >= 4 is 23.3 Å². The molecule has 0 saturated carbocycles. The van der Waals surface area contributed by atoms with Gasteiger partial charge in [0.1, 0.15) is 0 Å². The molecule has 0 aliphatic heterocycles. The number of hydrogen-bond acceptors (Lipinski definition) is 4. The number of rotatable bonds is 2. The predicted molar refractivity (Wildman–Crippen MR) is 49.2 cm³/mol. The molecule has 0 spiro atoms. The van der Waals surface area contributed by atoms with Crippen molar-refractivity contribution in [1.82, 2.24) is 0 Å². The van der Waals surface area contributed by atoms with E-state index in [-0.39, 0.29) is 22.5 Å². The second-order valence-corrected chi connectivity index (χ2v) is 2.64. The molecule has 6 N–H and O–H groups in total. The van der Waals surface area contributed by atoms with E-state index >= 15 is 0 Å².